The second kappa shape index (κ2) is 6.80. The van der Waals surface area contributed by atoms with Gasteiger partial charge in [0.1, 0.15) is 0 Å². The molecule has 0 spiro atoms. The van der Waals surface area contributed by atoms with E-state index in [1.54, 1.807) is 18.2 Å². The number of rotatable bonds is 2. The van der Waals surface area contributed by atoms with E-state index in [-0.39, 0.29) is 11.9 Å². The number of likely N-dealkylation sites (tertiary alicyclic amines) is 1. The molecule has 21 heavy (non-hydrogen) atoms. The molecule has 5 nitrogen and oxygen atoms in total. The third-order valence-corrected chi connectivity index (χ3v) is 3.79. The van der Waals surface area contributed by atoms with Crippen LogP contribution in [0.25, 0.3) is 0 Å². The minimum Gasteiger partial charge on any atom is -0.325 e. The highest BCUT2D eigenvalue weighted by Crippen LogP contribution is 2.26. The summed E-state index contributed by atoms with van der Waals surface area (Å²) in [7, 11) is 0. The highest BCUT2D eigenvalue weighted by molar-refractivity contribution is 6.34. The van der Waals surface area contributed by atoms with Crippen LogP contribution in [0.15, 0.2) is 18.2 Å². The molecule has 0 radical (unpaired) electrons. The summed E-state index contributed by atoms with van der Waals surface area (Å²) < 4.78 is 0. The highest BCUT2D eigenvalue weighted by atomic mass is 35.5. The van der Waals surface area contributed by atoms with Crippen LogP contribution in [0.1, 0.15) is 26.7 Å². The van der Waals surface area contributed by atoms with Crippen LogP contribution in [-0.2, 0) is 4.79 Å². The van der Waals surface area contributed by atoms with E-state index in [1.165, 1.54) is 13.3 Å². The Labute approximate surface area is 129 Å². The monoisotopic (exact) mass is 309 g/mol. The molecule has 1 aliphatic rings. The van der Waals surface area contributed by atoms with E-state index < -0.39 is 0 Å². The van der Waals surface area contributed by atoms with Crippen LogP contribution in [0.5, 0.6) is 0 Å². The minimum absolute atomic E-state index is 0.107. The maximum Gasteiger partial charge on any atom is 0.321 e. The Morgan fingerprint density at radius 2 is 2.10 bits per heavy atom. The lowest BCUT2D eigenvalue weighted by Gasteiger charge is -2.31. The van der Waals surface area contributed by atoms with E-state index in [2.05, 4.69) is 17.6 Å². The van der Waals surface area contributed by atoms with Crippen LogP contribution in [0.4, 0.5) is 16.2 Å². The zero-order chi connectivity index (χ0) is 15.4. The minimum atomic E-state index is -0.184. The molecule has 1 fully saturated rings. The lowest BCUT2D eigenvalue weighted by molar-refractivity contribution is -0.114. The number of hydrogen-bond acceptors (Lipinski definition) is 2. The molecule has 1 aromatic rings. The molecule has 2 N–H and O–H groups in total. The second-order valence-electron chi connectivity index (χ2n) is 5.50. The molecule has 6 heteroatoms. The molecule has 2 rings (SSSR count). The summed E-state index contributed by atoms with van der Waals surface area (Å²) in [4.78, 5) is 25.0. The van der Waals surface area contributed by atoms with E-state index in [1.807, 2.05) is 4.90 Å². The first-order valence-corrected chi connectivity index (χ1v) is 7.46. The van der Waals surface area contributed by atoms with Crippen molar-refractivity contribution in [1.29, 1.82) is 0 Å². The van der Waals surface area contributed by atoms with Crippen molar-refractivity contribution in [2.45, 2.75) is 26.7 Å². The molecule has 1 heterocycles. The standard InChI is InChI=1S/C15H20ClN3O2/c1-10-4-3-7-19(9-10)15(21)18-12-5-6-14(13(16)8-12)17-11(2)20/h5-6,8,10H,3-4,7,9H2,1-2H3,(H,17,20)(H,18,21)/t10-/m0/s1. The van der Waals surface area contributed by atoms with Crippen molar-refractivity contribution in [2.75, 3.05) is 23.7 Å². The Morgan fingerprint density at radius 3 is 2.71 bits per heavy atom. The fourth-order valence-corrected chi connectivity index (χ4v) is 2.69. The predicted molar refractivity (Wildman–Crippen MR) is 84.7 cm³/mol. The summed E-state index contributed by atoms with van der Waals surface area (Å²) >= 11 is 6.09. The number of carbonyl (C=O) groups excluding carboxylic acids is 2. The summed E-state index contributed by atoms with van der Waals surface area (Å²) in [5, 5.41) is 5.87. The maximum atomic E-state index is 12.2. The third kappa shape index (κ3) is 4.36. The largest absolute Gasteiger partial charge is 0.325 e. The lowest BCUT2D eigenvalue weighted by atomic mass is 10.0. The Hall–Kier alpha value is -1.75. The zero-order valence-corrected chi connectivity index (χ0v) is 13.0. The molecule has 1 aliphatic heterocycles. The van der Waals surface area contributed by atoms with Gasteiger partial charge in [0.15, 0.2) is 0 Å². The molecule has 0 bridgehead atoms. The van der Waals surface area contributed by atoms with E-state index in [9.17, 15) is 9.59 Å². The molecule has 1 aromatic carbocycles. The normalized spacial score (nSPS) is 18.2. The smallest absolute Gasteiger partial charge is 0.321 e. The first-order chi connectivity index (χ1) is 9.95. The van der Waals surface area contributed by atoms with Crippen LogP contribution in [0.2, 0.25) is 5.02 Å². The number of carbonyl (C=O) groups is 2. The molecule has 0 saturated carbocycles. The molecule has 0 aromatic heterocycles. The summed E-state index contributed by atoms with van der Waals surface area (Å²) in [6.45, 7) is 5.14. The maximum absolute atomic E-state index is 12.2. The van der Waals surface area contributed by atoms with Crippen LogP contribution in [-0.4, -0.2) is 29.9 Å². The lowest BCUT2D eigenvalue weighted by Crippen LogP contribution is -2.41. The Morgan fingerprint density at radius 1 is 1.33 bits per heavy atom. The van der Waals surface area contributed by atoms with Gasteiger partial charge in [0.05, 0.1) is 10.7 Å². The average Bonchev–Trinajstić information content (AvgIpc) is 2.41. The Kier molecular flexibility index (Phi) is 5.07. The van der Waals surface area contributed by atoms with Crippen molar-refractivity contribution in [2.24, 2.45) is 5.92 Å². The summed E-state index contributed by atoms with van der Waals surface area (Å²) in [6, 6.07) is 4.93. The van der Waals surface area contributed by atoms with Crippen molar-refractivity contribution < 1.29 is 9.59 Å². The van der Waals surface area contributed by atoms with Gasteiger partial charge in [0.2, 0.25) is 5.91 Å². The van der Waals surface area contributed by atoms with Crippen molar-refractivity contribution in [1.82, 2.24) is 4.90 Å². The number of urea groups is 1. The van der Waals surface area contributed by atoms with Gasteiger partial charge >= 0.3 is 6.03 Å². The quantitative estimate of drug-likeness (QED) is 0.877. The Bertz CT molecular complexity index is 548. The van der Waals surface area contributed by atoms with E-state index >= 15 is 0 Å². The molecule has 114 valence electrons. The van der Waals surface area contributed by atoms with Crippen molar-refractivity contribution in [3.8, 4) is 0 Å². The van der Waals surface area contributed by atoms with Gasteiger partial charge in [0.25, 0.3) is 0 Å². The number of benzene rings is 1. The average molecular weight is 310 g/mol. The van der Waals surface area contributed by atoms with E-state index in [4.69, 9.17) is 11.6 Å². The number of nitrogens with one attached hydrogen (secondary N) is 2. The van der Waals surface area contributed by atoms with Crippen LogP contribution < -0.4 is 10.6 Å². The van der Waals surface area contributed by atoms with Gasteiger partial charge in [-0.1, -0.05) is 18.5 Å². The predicted octanol–water partition coefficient (Wildman–Crippen LogP) is 3.56. The molecule has 0 aliphatic carbocycles. The number of piperidine rings is 1. The number of anilines is 2. The van der Waals surface area contributed by atoms with Gasteiger partial charge in [-0.3, -0.25) is 4.79 Å². The molecule has 0 unspecified atom stereocenters. The number of halogens is 1. The topological polar surface area (TPSA) is 61.4 Å². The fraction of sp³-hybridized carbons (Fsp3) is 0.467. The van der Waals surface area contributed by atoms with Gasteiger partial charge in [-0.2, -0.15) is 0 Å². The molecular weight excluding hydrogens is 290 g/mol. The molecular formula is C15H20ClN3O2. The first-order valence-electron chi connectivity index (χ1n) is 7.09. The molecule has 1 saturated heterocycles. The van der Waals surface area contributed by atoms with Crippen LogP contribution >= 0.6 is 11.6 Å². The number of hydrogen-bond donors (Lipinski definition) is 2. The van der Waals surface area contributed by atoms with Crippen LogP contribution in [0, 0.1) is 5.92 Å². The molecule has 1 atom stereocenters. The number of amides is 3. The third-order valence-electron chi connectivity index (χ3n) is 3.48. The van der Waals surface area contributed by atoms with Gasteiger partial charge in [-0.05, 0) is 37.0 Å². The fourth-order valence-electron chi connectivity index (χ4n) is 2.46. The van der Waals surface area contributed by atoms with E-state index in [0.29, 0.717) is 22.3 Å². The first kappa shape index (κ1) is 15.6. The van der Waals surface area contributed by atoms with Crippen molar-refractivity contribution in [3.05, 3.63) is 23.2 Å². The van der Waals surface area contributed by atoms with Crippen LogP contribution in [0.3, 0.4) is 0 Å². The zero-order valence-electron chi connectivity index (χ0n) is 12.3. The van der Waals surface area contributed by atoms with Gasteiger partial charge in [-0.25, -0.2) is 4.79 Å². The summed E-state index contributed by atoms with van der Waals surface area (Å²) in [5.74, 6) is 0.353. The highest BCUT2D eigenvalue weighted by Gasteiger charge is 2.21. The van der Waals surface area contributed by atoms with Crippen molar-refractivity contribution in [3.63, 3.8) is 0 Å². The van der Waals surface area contributed by atoms with Gasteiger partial charge in [-0.15, -0.1) is 0 Å². The SMILES string of the molecule is CC(=O)Nc1ccc(NC(=O)N2CCC[C@H](C)C2)cc1Cl. The van der Waals surface area contributed by atoms with Crippen molar-refractivity contribution >= 4 is 34.9 Å². The number of nitrogens with zero attached hydrogens (tertiary/aromatic N) is 1. The summed E-state index contributed by atoms with van der Waals surface area (Å²) in [5.41, 5.74) is 1.16. The van der Waals surface area contributed by atoms with Gasteiger partial charge < -0.3 is 15.5 Å². The molecule has 3 amide bonds. The Balaban J connectivity index is 2.00. The summed E-state index contributed by atoms with van der Waals surface area (Å²) in [6.07, 6.45) is 2.21. The van der Waals surface area contributed by atoms with E-state index in [0.717, 1.165) is 19.5 Å². The van der Waals surface area contributed by atoms with Gasteiger partial charge in [0, 0.05) is 25.7 Å². The second-order valence-corrected chi connectivity index (χ2v) is 5.91.